The molecule has 3 aromatic carbocycles. The Labute approximate surface area is 207 Å². The summed E-state index contributed by atoms with van der Waals surface area (Å²) in [4.78, 5) is 11.2. The van der Waals surface area contributed by atoms with Gasteiger partial charge in [0.15, 0.2) is 17.1 Å². The Morgan fingerprint density at radius 2 is 1.44 bits per heavy atom. The highest BCUT2D eigenvalue weighted by Gasteiger charge is 2.32. The maximum atomic E-state index is 13.2. The number of halogens is 3. The molecular formula is C27H27F3O6. The number of alkyl halides is 3. The summed E-state index contributed by atoms with van der Waals surface area (Å²) in [5.41, 5.74) is -2.21. The molecule has 0 aromatic heterocycles. The Morgan fingerprint density at radius 3 is 2.06 bits per heavy atom. The molecule has 0 amide bonds. The molecule has 9 heteroatoms. The number of hydrogen-bond donors (Lipinski definition) is 1. The van der Waals surface area contributed by atoms with Crippen molar-refractivity contribution in [3.8, 4) is 28.7 Å². The number of carboxylic acid groups (broad SMARTS) is 1. The highest BCUT2D eigenvalue weighted by molar-refractivity contribution is 5.76. The van der Waals surface area contributed by atoms with Gasteiger partial charge in [0.25, 0.3) is 0 Å². The van der Waals surface area contributed by atoms with Crippen LogP contribution in [-0.2, 0) is 11.0 Å². The van der Waals surface area contributed by atoms with Crippen LogP contribution in [0.4, 0.5) is 13.2 Å². The van der Waals surface area contributed by atoms with Crippen LogP contribution >= 0.6 is 0 Å². The zero-order valence-corrected chi connectivity index (χ0v) is 20.0. The molecular weight excluding hydrogens is 477 g/mol. The van der Waals surface area contributed by atoms with Crippen molar-refractivity contribution in [3.05, 3.63) is 78.4 Å². The second-order valence-corrected chi connectivity index (χ2v) is 8.69. The molecule has 3 aromatic rings. The first-order valence-corrected chi connectivity index (χ1v) is 11.2. The molecule has 0 aliphatic heterocycles. The van der Waals surface area contributed by atoms with Gasteiger partial charge in [-0.3, -0.25) is 0 Å². The molecule has 36 heavy (non-hydrogen) atoms. The summed E-state index contributed by atoms with van der Waals surface area (Å²) in [6.07, 6.45) is -4.52. The number of rotatable bonds is 11. The molecule has 192 valence electrons. The van der Waals surface area contributed by atoms with Gasteiger partial charge in [-0.05, 0) is 68.4 Å². The fraction of sp³-hybridized carbons (Fsp3) is 0.296. The summed E-state index contributed by atoms with van der Waals surface area (Å²) in [7, 11) is 0. The van der Waals surface area contributed by atoms with Crippen LogP contribution < -0.4 is 18.9 Å². The second-order valence-electron chi connectivity index (χ2n) is 8.69. The van der Waals surface area contributed by atoms with Crippen molar-refractivity contribution in [1.29, 1.82) is 0 Å². The summed E-state index contributed by atoms with van der Waals surface area (Å²) in [6.45, 7) is 5.04. The minimum Gasteiger partial charge on any atom is -0.493 e. The van der Waals surface area contributed by atoms with Crippen LogP contribution in [-0.4, -0.2) is 29.9 Å². The fourth-order valence-corrected chi connectivity index (χ4v) is 2.96. The number of carboxylic acids is 1. The lowest BCUT2D eigenvalue weighted by Gasteiger charge is -2.21. The van der Waals surface area contributed by atoms with Crippen molar-refractivity contribution in [2.75, 3.05) is 13.2 Å². The predicted octanol–water partition coefficient (Wildman–Crippen LogP) is 6.83. The molecule has 0 heterocycles. The molecule has 0 fully saturated rings. The van der Waals surface area contributed by atoms with E-state index in [1.807, 2.05) is 6.92 Å². The molecule has 1 atom stereocenters. The lowest BCUT2D eigenvalue weighted by molar-refractivity contribution is -0.152. The van der Waals surface area contributed by atoms with E-state index < -0.39 is 23.3 Å². The van der Waals surface area contributed by atoms with Crippen molar-refractivity contribution in [3.63, 3.8) is 0 Å². The van der Waals surface area contributed by atoms with Gasteiger partial charge >= 0.3 is 12.1 Å². The third kappa shape index (κ3) is 7.56. The normalized spacial score (nSPS) is 12.5. The third-order valence-electron chi connectivity index (χ3n) is 5.01. The molecule has 0 spiro atoms. The number of ether oxygens (including phenoxy) is 4. The van der Waals surface area contributed by atoms with Crippen molar-refractivity contribution in [2.45, 2.75) is 32.5 Å². The minimum atomic E-state index is -4.52. The Balaban J connectivity index is 1.60. The van der Waals surface area contributed by atoms with E-state index in [0.29, 0.717) is 17.2 Å². The Bertz CT molecular complexity index is 1140. The maximum absolute atomic E-state index is 13.2. The van der Waals surface area contributed by atoms with Gasteiger partial charge in [0, 0.05) is 5.92 Å². The van der Waals surface area contributed by atoms with Gasteiger partial charge < -0.3 is 24.1 Å². The monoisotopic (exact) mass is 504 g/mol. The summed E-state index contributed by atoms with van der Waals surface area (Å²) in [6, 6.07) is 18.3. The highest BCUT2D eigenvalue weighted by atomic mass is 19.4. The van der Waals surface area contributed by atoms with Crippen LogP contribution in [0.15, 0.2) is 72.8 Å². The average molecular weight is 505 g/mol. The average Bonchev–Trinajstić information content (AvgIpc) is 2.82. The number of carbonyl (C=O) groups is 1. The van der Waals surface area contributed by atoms with Gasteiger partial charge in [-0.25, -0.2) is 4.79 Å². The summed E-state index contributed by atoms with van der Waals surface area (Å²) >= 11 is 0. The smallest absolute Gasteiger partial charge is 0.416 e. The van der Waals surface area contributed by atoms with E-state index in [1.54, 1.807) is 54.6 Å². The molecule has 0 aliphatic rings. The fourth-order valence-electron chi connectivity index (χ4n) is 2.96. The van der Waals surface area contributed by atoms with Crippen LogP contribution in [0.25, 0.3) is 0 Å². The van der Waals surface area contributed by atoms with Gasteiger partial charge in [-0.1, -0.05) is 25.1 Å². The maximum Gasteiger partial charge on any atom is 0.416 e. The van der Waals surface area contributed by atoms with E-state index in [-0.39, 0.29) is 30.6 Å². The topological polar surface area (TPSA) is 74.2 Å². The number of para-hydroxylation sites is 1. The zero-order valence-electron chi connectivity index (χ0n) is 20.0. The van der Waals surface area contributed by atoms with E-state index >= 15 is 0 Å². The lowest BCUT2D eigenvalue weighted by Crippen LogP contribution is -2.37. The van der Waals surface area contributed by atoms with E-state index in [4.69, 9.17) is 24.1 Å². The Morgan fingerprint density at radius 1 is 0.833 bits per heavy atom. The van der Waals surface area contributed by atoms with Gasteiger partial charge in [-0.15, -0.1) is 0 Å². The molecule has 1 N–H and O–H groups in total. The van der Waals surface area contributed by atoms with Crippen molar-refractivity contribution >= 4 is 5.97 Å². The molecule has 0 bridgehead atoms. The number of aliphatic carboxylic acids is 1. The molecule has 1 unspecified atom stereocenters. The van der Waals surface area contributed by atoms with Crippen molar-refractivity contribution < 1.29 is 42.0 Å². The first-order valence-electron chi connectivity index (χ1n) is 11.2. The van der Waals surface area contributed by atoms with Crippen LogP contribution in [0.1, 0.15) is 26.3 Å². The van der Waals surface area contributed by atoms with Crippen LogP contribution in [0.2, 0.25) is 0 Å². The quantitative estimate of drug-likeness (QED) is 0.308. The molecule has 6 nitrogen and oxygen atoms in total. The van der Waals surface area contributed by atoms with Crippen molar-refractivity contribution in [2.24, 2.45) is 5.92 Å². The largest absolute Gasteiger partial charge is 0.493 e. The second kappa shape index (κ2) is 11.2. The lowest BCUT2D eigenvalue weighted by atomic mass is 10.1. The predicted molar refractivity (Wildman–Crippen MR) is 127 cm³/mol. The van der Waals surface area contributed by atoms with Gasteiger partial charge in [0.2, 0.25) is 0 Å². The van der Waals surface area contributed by atoms with Gasteiger partial charge in [0.1, 0.15) is 17.2 Å². The highest BCUT2D eigenvalue weighted by Crippen LogP contribution is 2.38. The Hall–Kier alpha value is -3.88. The third-order valence-corrected chi connectivity index (χ3v) is 5.01. The van der Waals surface area contributed by atoms with Crippen LogP contribution in [0.5, 0.6) is 28.7 Å². The number of hydrogen-bond acceptors (Lipinski definition) is 5. The number of benzene rings is 3. The molecule has 3 rings (SSSR count). The SMILES string of the molecule is CC(COc1ccc(OC(C)(C)C(=O)O)cc1)COc1cc(C(F)(F)F)ccc1Oc1ccccc1. The van der Waals surface area contributed by atoms with E-state index in [0.717, 1.165) is 12.1 Å². The zero-order chi connectivity index (χ0) is 26.3. The van der Waals surface area contributed by atoms with Crippen LogP contribution in [0.3, 0.4) is 0 Å². The van der Waals surface area contributed by atoms with Crippen LogP contribution in [0, 0.1) is 5.92 Å². The first-order chi connectivity index (χ1) is 16.9. The van der Waals surface area contributed by atoms with E-state index in [9.17, 15) is 18.0 Å². The summed E-state index contributed by atoms with van der Waals surface area (Å²) < 4.78 is 62.3. The van der Waals surface area contributed by atoms with Gasteiger partial charge in [-0.2, -0.15) is 13.2 Å². The Kier molecular flexibility index (Phi) is 8.34. The summed E-state index contributed by atoms with van der Waals surface area (Å²) in [5, 5.41) is 9.16. The van der Waals surface area contributed by atoms with E-state index in [1.165, 1.54) is 19.9 Å². The molecule has 0 saturated heterocycles. The standard InChI is InChI=1S/C27H27F3O6/c1-18(16-33-20-10-12-22(13-11-20)36-26(2,3)25(31)32)17-34-24-15-19(27(28,29)30)9-14-23(24)35-21-7-5-4-6-8-21/h4-15,18H,16-17H2,1-3H3,(H,31,32). The molecule has 0 radical (unpaired) electrons. The summed E-state index contributed by atoms with van der Waals surface area (Å²) in [5.74, 6) is 0.250. The van der Waals surface area contributed by atoms with Gasteiger partial charge in [0.05, 0.1) is 18.8 Å². The minimum absolute atomic E-state index is 0.0249. The van der Waals surface area contributed by atoms with E-state index in [2.05, 4.69) is 0 Å². The molecule has 0 saturated carbocycles. The first kappa shape index (κ1) is 26.7. The molecule has 0 aliphatic carbocycles. The van der Waals surface area contributed by atoms with Crippen molar-refractivity contribution in [1.82, 2.24) is 0 Å².